The van der Waals surface area contributed by atoms with Gasteiger partial charge in [-0.1, -0.05) is 19.9 Å². The van der Waals surface area contributed by atoms with Gasteiger partial charge in [-0.05, 0) is 61.3 Å². The summed E-state index contributed by atoms with van der Waals surface area (Å²) in [6.07, 6.45) is 8.76. The van der Waals surface area contributed by atoms with Gasteiger partial charge in [0.25, 0.3) is 5.91 Å². The summed E-state index contributed by atoms with van der Waals surface area (Å²) in [5, 5.41) is 14.3. The molecule has 1 fully saturated rings. The van der Waals surface area contributed by atoms with Crippen molar-refractivity contribution in [2.75, 3.05) is 5.32 Å². The number of carbonyl (C=O) groups is 1. The van der Waals surface area contributed by atoms with Gasteiger partial charge in [0.15, 0.2) is 0 Å². The molecular formula is C24H28N6O. The van der Waals surface area contributed by atoms with Crippen LogP contribution in [0.1, 0.15) is 60.4 Å². The summed E-state index contributed by atoms with van der Waals surface area (Å²) in [5.74, 6) is 0.537. The lowest BCUT2D eigenvalue weighted by Gasteiger charge is -2.29. The number of pyridine rings is 2. The minimum Gasteiger partial charge on any atom is -0.366 e. The Morgan fingerprint density at radius 2 is 2.16 bits per heavy atom. The predicted octanol–water partition coefficient (Wildman–Crippen LogP) is 3.89. The molecule has 2 aliphatic rings. The third-order valence-corrected chi connectivity index (χ3v) is 6.10. The molecule has 0 radical (unpaired) electrons. The van der Waals surface area contributed by atoms with E-state index in [0.717, 1.165) is 48.9 Å². The van der Waals surface area contributed by atoms with Crippen LogP contribution in [-0.2, 0) is 19.4 Å². The maximum Gasteiger partial charge on any atom is 0.270 e. The van der Waals surface area contributed by atoms with E-state index >= 15 is 0 Å². The van der Waals surface area contributed by atoms with E-state index in [1.165, 1.54) is 11.3 Å². The zero-order valence-electron chi connectivity index (χ0n) is 18.0. The Bertz CT molecular complexity index is 1100. The largest absolute Gasteiger partial charge is 0.366 e. The van der Waals surface area contributed by atoms with E-state index in [-0.39, 0.29) is 17.4 Å². The molecule has 3 heterocycles. The van der Waals surface area contributed by atoms with E-state index in [0.29, 0.717) is 18.1 Å². The van der Waals surface area contributed by atoms with Gasteiger partial charge in [0.05, 0.1) is 5.69 Å². The summed E-state index contributed by atoms with van der Waals surface area (Å²) in [7, 11) is 0. The standard InChI is InChI=1S/C24H28N6O/c1-24(2)8-7-18-20(12-24)29-30-22(18)16-10-19(23(31)27-17-5-6-17)28-21(11-16)26-14-15-4-3-9-25-13-15/h3-4,9-11,13,17H,5-8,12,14H2,1-2H3,(H,26,28)(H,27,31)(H,29,30). The van der Waals surface area contributed by atoms with Gasteiger partial charge in [-0.15, -0.1) is 0 Å². The summed E-state index contributed by atoms with van der Waals surface area (Å²) in [6.45, 7) is 5.17. The number of aromatic nitrogens is 4. The smallest absolute Gasteiger partial charge is 0.270 e. The molecule has 0 bridgehead atoms. The van der Waals surface area contributed by atoms with E-state index in [1.807, 2.05) is 30.5 Å². The van der Waals surface area contributed by atoms with Crippen LogP contribution in [0.5, 0.6) is 0 Å². The van der Waals surface area contributed by atoms with E-state index in [2.05, 4.69) is 44.6 Å². The third kappa shape index (κ3) is 4.45. The normalized spacial score (nSPS) is 17.1. The number of rotatable bonds is 6. The molecule has 1 saturated carbocycles. The topological polar surface area (TPSA) is 95.6 Å². The van der Waals surface area contributed by atoms with Crippen LogP contribution in [0.25, 0.3) is 11.3 Å². The van der Waals surface area contributed by atoms with Crippen LogP contribution in [0.15, 0.2) is 36.7 Å². The van der Waals surface area contributed by atoms with Crippen molar-refractivity contribution in [3.63, 3.8) is 0 Å². The summed E-state index contributed by atoms with van der Waals surface area (Å²) in [5.41, 5.74) is 6.07. The Hall–Kier alpha value is -3.22. The summed E-state index contributed by atoms with van der Waals surface area (Å²) < 4.78 is 0. The lowest BCUT2D eigenvalue weighted by Crippen LogP contribution is -2.26. The van der Waals surface area contributed by atoms with Gasteiger partial charge >= 0.3 is 0 Å². The van der Waals surface area contributed by atoms with Crippen molar-refractivity contribution in [2.24, 2.45) is 5.41 Å². The van der Waals surface area contributed by atoms with Crippen LogP contribution in [0, 0.1) is 5.41 Å². The SMILES string of the molecule is CC1(C)CCc2c(-c3cc(NCc4cccnc4)nc(C(=O)NC4CC4)c3)n[nH]c2C1. The van der Waals surface area contributed by atoms with Crippen molar-refractivity contribution in [1.82, 2.24) is 25.5 Å². The van der Waals surface area contributed by atoms with Crippen LogP contribution >= 0.6 is 0 Å². The Kier molecular flexibility index (Phi) is 4.96. The molecular weight excluding hydrogens is 388 g/mol. The molecule has 0 unspecified atom stereocenters. The first-order valence-corrected chi connectivity index (χ1v) is 11.0. The molecule has 7 heteroatoms. The third-order valence-electron chi connectivity index (χ3n) is 6.10. The van der Waals surface area contributed by atoms with Crippen molar-refractivity contribution in [1.29, 1.82) is 0 Å². The number of amides is 1. The molecule has 0 saturated heterocycles. The monoisotopic (exact) mass is 416 g/mol. The van der Waals surface area contributed by atoms with Gasteiger partial charge in [0.1, 0.15) is 11.5 Å². The van der Waals surface area contributed by atoms with Crippen molar-refractivity contribution in [2.45, 2.75) is 58.5 Å². The fraction of sp³-hybridized carbons (Fsp3) is 0.417. The first-order valence-electron chi connectivity index (χ1n) is 11.0. The number of anilines is 1. The Morgan fingerprint density at radius 3 is 2.94 bits per heavy atom. The number of hydrogen-bond acceptors (Lipinski definition) is 5. The zero-order chi connectivity index (χ0) is 21.4. The van der Waals surface area contributed by atoms with E-state index in [9.17, 15) is 4.79 Å². The molecule has 160 valence electrons. The number of hydrogen-bond donors (Lipinski definition) is 3. The van der Waals surface area contributed by atoms with Crippen LogP contribution in [0.3, 0.4) is 0 Å². The number of H-pyrrole nitrogens is 1. The van der Waals surface area contributed by atoms with Gasteiger partial charge in [0, 0.05) is 41.8 Å². The maximum absolute atomic E-state index is 12.8. The molecule has 3 aromatic heterocycles. The average Bonchev–Trinajstić information content (AvgIpc) is 3.48. The lowest BCUT2D eigenvalue weighted by molar-refractivity contribution is 0.0946. The highest BCUT2D eigenvalue weighted by Gasteiger charge is 2.30. The van der Waals surface area contributed by atoms with Gasteiger partial charge in [-0.25, -0.2) is 4.98 Å². The fourth-order valence-electron chi connectivity index (χ4n) is 4.14. The molecule has 3 N–H and O–H groups in total. The summed E-state index contributed by atoms with van der Waals surface area (Å²) in [6, 6.07) is 8.05. The molecule has 1 amide bonds. The number of nitrogens with one attached hydrogen (secondary N) is 3. The molecule has 3 aromatic rings. The second-order valence-corrected chi connectivity index (χ2v) is 9.46. The van der Waals surface area contributed by atoms with Crippen molar-refractivity contribution in [3.8, 4) is 11.3 Å². The molecule has 7 nitrogen and oxygen atoms in total. The average molecular weight is 417 g/mol. The van der Waals surface area contributed by atoms with Gasteiger partial charge in [-0.2, -0.15) is 5.10 Å². The maximum atomic E-state index is 12.8. The summed E-state index contributed by atoms with van der Waals surface area (Å²) in [4.78, 5) is 21.5. The van der Waals surface area contributed by atoms with E-state index in [1.54, 1.807) is 6.20 Å². The number of nitrogens with zero attached hydrogens (tertiary/aromatic N) is 3. The molecule has 0 aliphatic heterocycles. The van der Waals surface area contributed by atoms with Crippen molar-refractivity contribution in [3.05, 3.63) is 59.2 Å². The van der Waals surface area contributed by atoms with E-state index < -0.39 is 0 Å². The van der Waals surface area contributed by atoms with Gasteiger partial charge in [0.2, 0.25) is 0 Å². The lowest BCUT2D eigenvalue weighted by atomic mass is 9.76. The van der Waals surface area contributed by atoms with Crippen LogP contribution in [-0.4, -0.2) is 32.1 Å². The Morgan fingerprint density at radius 1 is 1.29 bits per heavy atom. The highest BCUT2D eigenvalue weighted by molar-refractivity contribution is 5.94. The number of carbonyl (C=O) groups excluding carboxylic acids is 1. The van der Waals surface area contributed by atoms with Crippen LogP contribution < -0.4 is 10.6 Å². The second-order valence-electron chi connectivity index (χ2n) is 9.46. The second kappa shape index (κ2) is 7.80. The fourth-order valence-corrected chi connectivity index (χ4v) is 4.14. The van der Waals surface area contributed by atoms with Crippen molar-refractivity contribution < 1.29 is 4.79 Å². The first-order chi connectivity index (χ1) is 15.0. The van der Waals surface area contributed by atoms with Gasteiger partial charge in [-0.3, -0.25) is 14.9 Å². The Labute approximate surface area is 182 Å². The number of aromatic amines is 1. The van der Waals surface area contributed by atoms with Crippen LogP contribution in [0.2, 0.25) is 0 Å². The zero-order valence-corrected chi connectivity index (χ0v) is 18.0. The number of fused-ring (bicyclic) bond motifs is 1. The summed E-state index contributed by atoms with van der Waals surface area (Å²) >= 11 is 0. The minimum absolute atomic E-state index is 0.126. The molecule has 2 aliphatic carbocycles. The quantitative estimate of drug-likeness (QED) is 0.567. The van der Waals surface area contributed by atoms with Crippen LogP contribution in [0.4, 0.5) is 5.82 Å². The first kappa shape index (κ1) is 19.7. The Balaban J connectivity index is 1.47. The molecule has 0 atom stereocenters. The molecule has 5 rings (SSSR count). The molecule has 0 spiro atoms. The van der Waals surface area contributed by atoms with Crippen molar-refractivity contribution >= 4 is 11.7 Å². The minimum atomic E-state index is -0.126. The highest BCUT2D eigenvalue weighted by atomic mass is 16.2. The van der Waals surface area contributed by atoms with E-state index in [4.69, 9.17) is 0 Å². The molecule has 31 heavy (non-hydrogen) atoms. The predicted molar refractivity (Wildman–Crippen MR) is 120 cm³/mol. The highest BCUT2D eigenvalue weighted by Crippen LogP contribution is 2.38. The molecule has 0 aromatic carbocycles. The van der Waals surface area contributed by atoms with Gasteiger partial charge < -0.3 is 10.6 Å².